The minimum absolute atomic E-state index is 0.101. The van der Waals surface area contributed by atoms with Gasteiger partial charge in [0, 0.05) is 18.6 Å². The van der Waals surface area contributed by atoms with Gasteiger partial charge in [0.05, 0.1) is 56.5 Å². The summed E-state index contributed by atoms with van der Waals surface area (Å²) in [5.74, 6) is -0.511. The van der Waals surface area contributed by atoms with Crippen molar-refractivity contribution in [3.8, 4) is 5.69 Å². The molecule has 3 heterocycles. The summed E-state index contributed by atoms with van der Waals surface area (Å²) in [6, 6.07) is 4.47. The molecule has 1 atom stereocenters. The Hall–Kier alpha value is -3.89. The van der Waals surface area contributed by atoms with E-state index in [-0.39, 0.29) is 13.1 Å². The number of alkyl carbamates (subject to hydrolysis) is 1. The lowest BCUT2D eigenvalue weighted by atomic mass is 10.2. The fourth-order valence-electron chi connectivity index (χ4n) is 3.13. The van der Waals surface area contributed by atoms with Crippen molar-refractivity contribution < 1.29 is 23.5 Å². The number of nitrogens with one attached hydrogen (secondary N) is 1. The van der Waals surface area contributed by atoms with Gasteiger partial charge in [-0.15, -0.1) is 0 Å². The molecular formula is C19H19FN6O4. The van der Waals surface area contributed by atoms with Gasteiger partial charge in [0.1, 0.15) is 11.9 Å². The molecule has 0 spiro atoms. The van der Waals surface area contributed by atoms with Crippen LogP contribution in [-0.2, 0) is 16.0 Å². The quantitative estimate of drug-likeness (QED) is 0.661. The van der Waals surface area contributed by atoms with Crippen molar-refractivity contribution in [2.75, 3.05) is 25.1 Å². The first-order valence-corrected chi connectivity index (χ1v) is 9.12. The zero-order valence-electron chi connectivity index (χ0n) is 16.1. The monoisotopic (exact) mass is 414 g/mol. The molecule has 156 valence electrons. The number of carbonyl (C=O) groups excluding carboxylic acids is 2. The molecule has 1 aliphatic rings. The lowest BCUT2D eigenvalue weighted by Crippen LogP contribution is -2.34. The molecule has 1 saturated heterocycles. The molecule has 1 fully saturated rings. The SMILES string of the molecule is COC(=O)NC[C@H]1CN(c2ccc(-n3cnc(Cn4ccnc4)c3)c(F)c2)C(=O)O1. The maximum Gasteiger partial charge on any atom is 0.414 e. The Bertz CT molecular complexity index is 1050. The van der Waals surface area contributed by atoms with E-state index in [9.17, 15) is 14.0 Å². The Balaban J connectivity index is 1.45. The predicted octanol–water partition coefficient (Wildman–Crippen LogP) is 1.94. The minimum atomic E-state index is -0.618. The fraction of sp³-hybridized carbons (Fsp3) is 0.263. The van der Waals surface area contributed by atoms with Crippen molar-refractivity contribution in [1.29, 1.82) is 0 Å². The van der Waals surface area contributed by atoms with Crippen molar-refractivity contribution >= 4 is 17.9 Å². The van der Waals surface area contributed by atoms with Gasteiger partial charge in [0.2, 0.25) is 0 Å². The normalized spacial score (nSPS) is 15.9. The number of cyclic esters (lactones) is 1. The minimum Gasteiger partial charge on any atom is -0.453 e. The second kappa shape index (κ2) is 8.23. The number of carbonyl (C=O) groups is 2. The lowest BCUT2D eigenvalue weighted by Gasteiger charge is -2.14. The number of aromatic nitrogens is 4. The van der Waals surface area contributed by atoms with Gasteiger partial charge < -0.3 is 23.9 Å². The van der Waals surface area contributed by atoms with Gasteiger partial charge in [-0.3, -0.25) is 4.90 Å². The zero-order chi connectivity index (χ0) is 21.1. The van der Waals surface area contributed by atoms with Crippen LogP contribution in [-0.4, -0.2) is 57.6 Å². The number of nitrogens with zero attached hydrogens (tertiary/aromatic N) is 5. The third-order valence-corrected chi connectivity index (χ3v) is 4.59. The van der Waals surface area contributed by atoms with Crippen molar-refractivity contribution in [3.05, 3.63) is 61.0 Å². The Morgan fingerprint density at radius 1 is 1.40 bits per heavy atom. The molecule has 11 heteroatoms. The van der Waals surface area contributed by atoms with E-state index in [0.29, 0.717) is 17.9 Å². The van der Waals surface area contributed by atoms with Crippen LogP contribution >= 0.6 is 0 Å². The average Bonchev–Trinajstić information content (AvgIpc) is 3.48. The molecule has 4 rings (SSSR count). The van der Waals surface area contributed by atoms with Crippen LogP contribution in [0.25, 0.3) is 5.69 Å². The number of amides is 2. The highest BCUT2D eigenvalue weighted by Crippen LogP contribution is 2.25. The van der Waals surface area contributed by atoms with Gasteiger partial charge >= 0.3 is 12.2 Å². The summed E-state index contributed by atoms with van der Waals surface area (Å²) in [6.07, 6.45) is 6.65. The van der Waals surface area contributed by atoms with Gasteiger partial charge in [0.25, 0.3) is 0 Å². The van der Waals surface area contributed by atoms with Crippen molar-refractivity contribution in [1.82, 2.24) is 24.4 Å². The Labute approximate surface area is 170 Å². The van der Waals surface area contributed by atoms with E-state index in [2.05, 4.69) is 20.0 Å². The molecule has 1 aliphatic heterocycles. The molecule has 2 amide bonds. The molecule has 0 aliphatic carbocycles. The standard InChI is InChI=1S/C19H19FN6O4/c1-29-18(27)22-7-15-10-26(19(28)30-15)14-2-3-17(16(20)6-14)25-9-13(23-12-25)8-24-5-4-21-11-24/h2-6,9,11-12,15H,7-8,10H2,1H3,(H,22,27)/t15-/m0/s1. The summed E-state index contributed by atoms with van der Waals surface area (Å²) in [7, 11) is 1.24. The molecule has 1 aromatic carbocycles. The highest BCUT2D eigenvalue weighted by atomic mass is 19.1. The van der Waals surface area contributed by atoms with Crippen LogP contribution in [0.15, 0.2) is 49.4 Å². The first-order chi connectivity index (χ1) is 14.5. The molecule has 3 aromatic rings. The molecule has 0 saturated carbocycles. The number of halogens is 1. The highest BCUT2D eigenvalue weighted by molar-refractivity contribution is 5.90. The molecule has 10 nitrogen and oxygen atoms in total. The van der Waals surface area contributed by atoms with E-state index < -0.39 is 24.1 Å². The Morgan fingerprint density at radius 2 is 2.27 bits per heavy atom. The smallest absolute Gasteiger partial charge is 0.414 e. The fourth-order valence-corrected chi connectivity index (χ4v) is 3.13. The van der Waals surface area contributed by atoms with Gasteiger partial charge in [-0.25, -0.2) is 23.9 Å². The molecule has 1 N–H and O–H groups in total. The first-order valence-electron chi connectivity index (χ1n) is 9.12. The Morgan fingerprint density at radius 3 is 3.00 bits per heavy atom. The second-order valence-electron chi connectivity index (χ2n) is 6.63. The topological polar surface area (TPSA) is 104 Å². The average molecular weight is 414 g/mol. The van der Waals surface area contributed by atoms with Crippen LogP contribution in [0.4, 0.5) is 19.7 Å². The summed E-state index contributed by atoms with van der Waals surface area (Å²) < 4.78 is 27.9. The van der Waals surface area contributed by atoms with Gasteiger partial charge in [-0.1, -0.05) is 0 Å². The summed E-state index contributed by atoms with van der Waals surface area (Å²) in [5, 5.41) is 2.47. The number of ether oxygens (including phenoxy) is 2. The molecule has 30 heavy (non-hydrogen) atoms. The van der Waals surface area contributed by atoms with Crippen LogP contribution in [0.5, 0.6) is 0 Å². The highest BCUT2D eigenvalue weighted by Gasteiger charge is 2.33. The van der Waals surface area contributed by atoms with E-state index in [4.69, 9.17) is 4.74 Å². The van der Waals surface area contributed by atoms with Crippen LogP contribution in [0.2, 0.25) is 0 Å². The molecule has 0 bridgehead atoms. The van der Waals surface area contributed by atoms with Crippen LogP contribution in [0.1, 0.15) is 5.69 Å². The summed E-state index contributed by atoms with van der Waals surface area (Å²) in [6.45, 7) is 0.805. The number of anilines is 1. The number of rotatable bonds is 6. The maximum absolute atomic E-state index is 14.8. The van der Waals surface area contributed by atoms with Crippen molar-refractivity contribution in [3.63, 3.8) is 0 Å². The van der Waals surface area contributed by atoms with E-state index >= 15 is 0 Å². The molecular weight excluding hydrogens is 395 g/mol. The van der Waals surface area contributed by atoms with E-state index in [1.54, 1.807) is 35.4 Å². The zero-order valence-corrected chi connectivity index (χ0v) is 16.1. The number of methoxy groups -OCH3 is 1. The maximum atomic E-state index is 14.8. The molecule has 0 radical (unpaired) electrons. The first kappa shape index (κ1) is 19.4. The lowest BCUT2D eigenvalue weighted by molar-refractivity contribution is 0.132. The van der Waals surface area contributed by atoms with Crippen molar-refractivity contribution in [2.45, 2.75) is 12.6 Å². The molecule has 2 aromatic heterocycles. The number of benzene rings is 1. The van der Waals surface area contributed by atoms with Crippen LogP contribution in [0.3, 0.4) is 0 Å². The Kier molecular flexibility index (Phi) is 5.33. The van der Waals surface area contributed by atoms with Crippen LogP contribution in [0, 0.1) is 5.82 Å². The van der Waals surface area contributed by atoms with E-state index in [0.717, 1.165) is 5.69 Å². The van der Waals surface area contributed by atoms with Crippen LogP contribution < -0.4 is 10.2 Å². The third kappa shape index (κ3) is 4.09. The number of hydrogen-bond donors (Lipinski definition) is 1. The number of hydrogen-bond acceptors (Lipinski definition) is 6. The summed E-state index contributed by atoms with van der Waals surface area (Å²) >= 11 is 0. The number of imidazole rings is 2. The predicted molar refractivity (Wildman–Crippen MR) is 103 cm³/mol. The second-order valence-corrected chi connectivity index (χ2v) is 6.63. The van der Waals surface area contributed by atoms with E-state index in [1.807, 2.05) is 10.8 Å². The van der Waals surface area contributed by atoms with Gasteiger partial charge in [-0.05, 0) is 18.2 Å². The summed E-state index contributed by atoms with van der Waals surface area (Å²) in [4.78, 5) is 32.9. The van der Waals surface area contributed by atoms with Gasteiger partial charge in [-0.2, -0.15) is 0 Å². The van der Waals surface area contributed by atoms with Gasteiger partial charge in [0.15, 0.2) is 0 Å². The van der Waals surface area contributed by atoms with E-state index in [1.165, 1.54) is 24.4 Å². The largest absolute Gasteiger partial charge is 0.453 e. The third-order valence-electron chi connectivity index (χ3n) is 4.59. The van der Waals surface area contributed by atoms with Crippen molar-refractivity contribution in [2.24, 2.45) is 0 Å². The molecule has 0 unspecified atom stereocenters. The summed E-state index contributed by atoms with van der Waals surface area (Å²) in [5.41, 5.74) is 1.42.